The Morgan fingerprint density at radius 1 is 1.26 bits per heavy atom. The standard InChI is InChI=1S/C20H20N4O2S/c1-4-11-24-19(26)15-9-6-10-21-18(15)23-20(24)27-12-16(25)22-17-13(2)7-5-8-14(17)3/h4-10H,1,11-12H2,2-3H3,(H,22,25). The smallest absolute Gasteiger partial charge is 0.263 e. The number of pyridine rings is 1. The van der Waals surface area contributed by atoms with E-state index in [2.05, 4.69) is 21.9 Å². The summed E-state index contributed by atoms with van der Waals surface area (Å²) >= 11 is 1.21. The van der Waals surface area contributed by atoms with Gasteiger partial charge in [0.2, 0.25) is 5.91 Å². The van der Waals surface area contributed by atoms with E-state index in [1.54, 1.807) is 24.4 Å². The van der Waals surface area contributed by atoms with Gasteiger partial charge >= 0.3 is 0 Å². The highest BCUT2D eigenvalue weighted by atomic mass is 32.2. The van der Waals surface area contributed by atoms with Gasteiger partial charge in [-0.05, 0) is 37.1 Å². The highest BCUT2D eigenvalue weighted by Crippen LogP contribution is 2.21. The fourth-order valence-corrected chi connectivity index (χ4v) is 3.55. The van der Waals surface area contributed by atoms with Crippen LogP contribution in [-0.2, 0) is 11.3 Å². The number of nitrogens with zero attached hydrogens (tertiary/aromatic N) is 3. The first-order valence-corrected chi connectivity index (χ1v) is 9.45. The molecule has 0 bridgehead atoms. The Morgan fingerprint density at radius 3 is 2.70 bits per heavy atom. The Labute approximate surface area is 161 Å². The zero-order valence-electron chi connectivity index (χ0n) is 15.2. The zero-order chi connectivity index (χ0) is 19.4. The monoisotopic (exact) mass is 380 g/mol. The van der Waals surface area contributed by atoms with Crippen LogP contribution in [0.1, 0.15) is 11.1 Å². The lowest BCUT2D eigenvalue weighted by molar-refractivity contribution is -0.113. The largest absolute Gasteiger partial charge is 0.325 e. The molecule has 27 heavy (non-hydrogen) atoms. The molecule has 0 aliphatic carbocycles. The summed E-state index contributed by atoms with van der Waals surface area (Å²) in [4.78, 5) is 33.7. The minimum atomic E-state index is -0.189. The van der Waals surface area contributed by atoms with Crippen LogP contribution in [0.4, 0.5) is 5.69 Å². The van der Waals surface area contributed by atoms with Gasteiger partial charge in [0.25, 0.3) is 5.56 Å². The quantitative estimate of drug-likeness (QED) is 0.403. The van der Waals surface area contributed by atoms with Gasteiger partial charge < -0.3 is 5.32 Å². The molecule has 7 heteroatoms. The Balaban J connectivity index is 1.84. The number of allylic oxidation sites excluding steroid dienone is 1. The van der Waals surface area contributed by atoms with Crippen molar-refractivity contribution >= 4 is 34.4 Å². The van der Waals surface area contributed by atoms with Gasteiger partial charge in [-0.25, -0.2) is 9.97 Å². The normalized spacial score (nSPS) is 10.7. The third-order valence-corrected chi connectivity index (χ3v) is 5.06. The molecule has 0 saturated carbocycles. The van der Waals surface area contributed by atoms with Crippen LogP contribution in [0.5, 0.6) is 0 Å². The van der Waals surface area contributed by atoms with E-state index in [1.807, 2.05) is 32.0 Å². The van der Waals surface area contributed by atoms with Crippen molar-refractivity contribution in [3.05, 3.63) is 70.7 Å². The van der Waals surface area contributed by atoms with E-state index in [0.717, 1.165) is 16.8 Å². The van der Waals surface area contributed by atoms with Crippen LogP contribution in [0.3, 0.4) is 0 Å². The predicted molar refractivity (Wildman–Crippen MR) is 109 cm³/mol. The molecule has 0 aliphatic heterocycles. The summed E-state index contributed by atoms with van der Waals surface area (Å²) in [5.41, 5.74) is 3.01. The molecule has 138 valence electrons. The predicted octanol–water partition coefficient (Wildman–Crippen LogP) is 3.33. The maximum absolute atomic E-state index is 12.7. The average molecular weight is 380 g/mol. The molecule has 3 rings (SSSR count). The number of fused-ring (bicyclic) bond motifs is 1. The molecule has 0 unspecified atom stereocenters. The second-order valence-corrected chi connectivity index (χ2v) is 7.02. The van der Waals surface area contributed by atoms with Crippen LogP contribution in [-0.4, -0.2) is 26.2 Å². The Kier molecular flexibility index (Phi) is 5.71. The number of nitrogens with one attached hydrogen (secondary N) is 1. The van der Waals surface area contributed by atoms with Gasteiger partial charge in [-0.3, -0.25) is 14.2 Å². The lowest BCUT2D eigenvalue weighted by Crippen LogP contribution is -2.24. The molecule has 0 saturated heterocycles. The van der Waals surface area contributed by atoms with Crippen molar-refractivity contribution in [2.24, 2.45) is 0 Å². The molecule has 0 fully saturated rings. The number of para-hydroxylation sites is 1. The van der Waals surface area contributed by atoms with Crippen LogP contribution in [0.15, 0.2) is 59.1 Å². The highest BCUT2D eigenvalue weighted by molar-refractivity contribution is 7.99. The van der Waals surface area contributed by atoms with E-state index in [0.29, 0.717) is 22.7 Å². The van der Waals surface area contributed by atoms with Crippen molar-refractivity contribution in [2.75, 3.05) is 11.1 Å². The van der Waals surface area contributed by atoms with Crippen molar-refractivity contribution in [3.63, 3.8) is 0 Å². The van der Waals surface area contributed by atoms with Gasteiger partial charge in [0.05, 0.1) is 11.1 Å². The number of anilines is 1. The van der Waals surface area contributed by atoms with Crippen LogP contribution < -0.4 is 10.9 Å². The number of rotatable bonds is 6. The molecule has 0 atom stereocenters. The van der Waals surface area contributed by atoms with Gasteiger partial charge in [0.15, 0.2) is 10.8 Å². The summed E-state index contributed by atoms with van der Waals surface area (Å²) < 4.78 is 1.51. The van der Waals surface area contributed by atoms with E-state index >= 15 is 0 Å². The van der Waals surface area contributed by atoms with E-state index in [1.165, 1.54) is 16.3 Å². The van der Waals surface area contributed by atoms with Gasteiger partial charge in [-0.1, -0.05) is 36.0 Å². The number of thioether (sulfide) groups is 1. The first-order valence-electron chi connectivity index (χ1n) is 8.46. The van der Waals surface area contributed by atoms with Gasteiger partial charge in [-0.15, -0.1) is 6.58 Å². The second-order valence-electron chi connectivity index (χ2n) is 6.08. The third-order valence-electron chi connectivity index (χ3n) is 4.08. The number of hydrogen-bond donors (Lipinski definition) is 1. The molecule has 1 amide bonds. The summed E-state index contributed by atoms with van der Waals surface area (Å²) in [7, 11) is 0. The van der Waals surface area contributed by atoms with Crippen molar-refractivity contribution in [1.82, 2.24) is 14.5 Å². The fraction of sp³-hybridized carbons (Fsp3) is 0.200. The van der Waals surface area contributed by atoms with Gasteiger partial charge in [-0.2, -0.15) is 0 Å². The summed E-state index contributed by atoms with van der Waals surface area (Å²) in [5.74, 6) is -0.0201. The zero-order valence-corrected chi connectivity index (χ0v) is 16.0. The minimum absolute atomic E-state index is 0.135. The molecule has 3 aromatic rings. The first-order chi connectivity index (χ1) is 13.0. The van der Waals surface area contributed by atoms with Crippen molar-refractivity contribution in [1.29, 1.82) is 0 Å². The fourth-order valence-electron chi connectivity index (χ4n) is 2.75. The minimum Gasteiger partial charge on any atom is -0.325 e. The molecule has 0 aliphatic rings. The maximum atomic E-state index is 12.7. The number of carbonyl (C=O) groups excluding carboxylic acids is 1. The maximum Gasteiger partial charge on any atom is 0.263 e. The van der Waals surface area contributed by atoms with E-state index in [4.69, 9.17) is 0 Å². The van der Waals surface area contributed by atoms with E-state index in [-0.39, 0.29) is 17.2 Å². The van der Waals surface area contributed by atoms with Crippen LogP contribution >= 0.6 is 11.8 Å². The van der Waals surface area contributed by atoms with Crippen molar-refractivity contribution < 1.29 is 4.79 Å². The topological polar surface area (TPSA) is 76.9 Å². The first kappa shape index (κ1) is 18.8. The van der Waals surface area contributed by atoms with E-state index < -0.39 is 0 Å². The second kappa shape index (κ2) is 8.18. The summed E-state index contributed by atoms with van der Waals surface area (Å²) in [6, 6.07) is 9.25. The Hall–Kier alpha value is -2.93. The molecule has 0 radical (unpaired) electrons. The number of benzene rings is 1. The Bertz CT molecular complexity index is 1060. The molecule has 1 aromatic carbocycles. The number of aromatic nitrogens is 3. The average Bonchev–Trinajstić information content (AvgIpc) is 2.66. The van der Waals surface area contributed by atoms with Gasteiger partial charge in [0, 0.05) is 18.4 Å². The van der Waals surface area contributed by atoms with E-state index in [9.17, 15) is 9.59 Å². The molecule has 1 N–H and O–H groups in total. The van der Waals surface area contributed by atoms with Crippen molar-refractivity contribution in [2.45, 2.75) is 25.5 Å². The SMILES string of the molecule is C=CCn1c(SCC(=O)Nc2c(C)cccc2C)nc2ncccc2c1=O. The molecule has 2 aromatic heterocycles. The van der Waals surface area contributed by atoms with Crippen LogP contribution in [0.2, 0.25) is 0 Å². The number of aryl methyl sites for hydroxylation is 2. The molecule has 0 spiro atoms. The van der Waals surface area contributed by atoms with Crippen LogP contribution in [0.25, 0.3) is 11.0 Å². The van der Waals surface area contributed by atoms with Gasteiger partial charge in [0.1, 0.15) is 0 Å². The summed E-state index contributed by atoms with van der Waals surface area (Å²) in [5, 5.41) is 3.84. The molecule has 2 heterocycles. The number of carbonyl (C=O) groups is 1. The van der Waals surface area contributed by atoms with Crippen LogP contribution in [0, 0.1) is 13.8 Å². The summed E-state index contributed by atoms with van der Waals surface area (Å²) in [6.07, 6.45) is 3.22. The molecule has 6 nitrogen and oxygen atoms in total. The molecular weight excluding hydrogens is 360 g/mol. The lowest BCUT2D eigenvalue weighted by Gasteiger charge is -2.13. The third kappa shape index (κ3) is 4.09. The molecular formula is C20H20N4O2S. The van der Waals surface area contributed by atoms with Crippen molar-refractivity contribution in [3.8, 4) is 0 Å². The highest BCUT2D eigenvalue weighted by Gasteiger charge is 2.14. The Morgan fingerprint density at radius 2 is 2.00 bits per heavy atom. The summed E-state index contributed by atoms with van der Waals surface area (Å²) in [6.45, 7) is 7.92. The number of amides is 1. The number of hydrogen-bond acceptors (Lipinski definition) is 5. The lowest BCUT2D eigenvalue weighted by atomic mass is 10.1.